The van der Waals surface area contributed by atoms with Gasteiger partial charge >= 0.3 is 0 Å². The molecule has 3 rings (SSSR count). The van der Waals surface area contributed by atoms with Crippen LogP contribution in [0.4, 0.5) is 0 Å². The normalized spacial score (nSPS) is 9.90. The first-order valence-electron chi connectivity index (χ1n) is 7.35. The van der Waals surface area contributed by atoms with Crippen LogP contribution in [0, 0.1) is 0 Å². The van der Waals surface area contributed by atoms with E-state index >= 15 is 0 Å². The van der Waals surface area contributed by atoms with Crippen LogP contribution in [0.25, 0.3) is 10.8 Å². The van der Waals surface area contributed by atoms with E-state index in [9.17, 15) is 0 Å². The second-order valence-electron chi connectivity index (χ2n) is 4.82. The van der Waals surface area contributed by atoms with Crippen LogP contribution in [-0.2, 0) is 12.8 Å². The van der Waals surface area contributed by atoms with Crippen molar-refractivity contribution in [2.75, 3.05) is 0 Å². The van der Waals surface area contributed by atoms with E-state index in [1.54, 1.807) is 0 Å². The van der Waals surface area contributed by atoms with Crippen molar-refractivity contribution in [3.05, 3.63) is 83.9 Å². The van der Waals surface area contributed by atoms with Gasteiger partial charge in [-0.05, 0) is 34.7 Å². The van der Waals surface area contributed by atoms with Gasteiger partial charge in [-0.25, -0.2) is 0 Å². The molecule has 0 unspecified atom stereocenters. The van der Waals surface area contributed by atoms with E-state index in [2.05, 4.69) is 86.6 Å². The highest BCUT2D eigenvalue weighted by Crippen LogP contribution is 2.11. The zero-order valence-electron chi connectivity index (χ0n) is 12.3. The molecule has 0 aliphatic carbocycles. The maximum Gasteiger partial charge on any atom is -0.0184 e. The van der Waals surface area contributed by atoms with E-state index in [4.69, 9.17) is 0 Å². The SMILES string of the molecule is CCc1ccccc1CC.c1ccc2ccccc2c1. The lowest BCUT2D eigenvalue weighted by Crippen LogP contribution is -1.88. The highest BCUT2D eigenvalue weighted by molar-refractivity contribution is 5.81. The standard InChI is InChI=1S/C10H8.C10H14/c1-2-6-10-8-4-3-7-9(10)5-1;1-3-9-7-5-6-8-10(9)4-2/h1-8H;5-8H,3-4H2,1-2H3. The molecule has 0 nitrogen and oxygen atoms in total. The van der Waals surface area contributed by atoms with Crippen molar-refractivity contribution in [2.45, 2.75) is 26.7 Å². The van der Waals surface area contributed by atoms with E-state index in [1.807, 2.05) is 0 Å². The number of hydrogen-bond donors (Lipinski definition) is 0. The minimum atomic E-state index is 1.16. The Morgan fingerprint density at radius 1 is 0.500 bits per heavy atom. The molecule has 3 aromatic carbocycles. The summed E-state index contributed by atoms with van der Waals surface area (Å²) >= 11 is 0. The summed E-state index contributed by atoms with van der Waals surface area (Å²) in [6.45, 7) is 4.41. The van der Waals surface area contributed by atoms with Gasteiger partial charge in [-0.15, -0.1) is 0 Å². The highest BCUT2D eigenvalue weighted by atomic mass is 14.0. The zero-order chi connectivity index (χ0) is 14.2. The first-order chi connectivity index (χ1) is 9.85. The Kier molecular flexibility index (Phi) is 5.37. The average molecular weight is 262 g/mol. The molecule has 102 valence electrons. The second kappa shape index (κ2) is 7.49. The highest BCUT2D eigenvalue weighted by Gasteiger charge is 1.93. The molecule has 20 heavy (non-hydrogen) atoms. The van der Waals surface area contributed by atoms with Gasteiger partial charge in [0.1, 0.15) is 0 Å². The Bertz CT molecular complexity index is 564. The molecule has 0 amide bonds. The second-order valence-corrected chi connectivity index (χ2v) is 4.82. The molecule has 0 aliphatic rings. The largest absolute Gasteiger partial charge is 0.0620 e. The quantitative estimate of drug-likeness (QED) is 0.559. The molecule has 0 aromatic heterocycles. The summed E-state index contributed by atoms with van der Waals surface area (Å²) in [5.74, 6) is 0. The molecule has 0 saturated carbocycles. The van der Waals surface area contributed by atoms with E-state index in [1.165, 1.54) is 21.9 Å². The summed E-state index contributed by atoms with van der Waals surface area (Å²) in [4.78, 5) is 0. The Labute approximate surface area is 122 Å². The van der Waals surface area contributed by atoms with E-state index in [0.29, 0.717) is 0 Å². The third-order valence-corrected chi connectivity index (χ3v) is 3.54. The summed E-state index contributed by atoms with van der Waals surface area (Å²) in [5, 5.41) is 2.62. The summed E-state index contributed by atoms with van der Waals surface area (Å²) in [6, 6.07) is 25.3. The molecule has 0 N–H and O–H groups in total. The molecule has 0 aliphatic heterocycles. The third-order valence-electron chi connectivity index (χ3n) is 3.54. The van der Waals surface area contributed by atoms with Crippen LogP contribution in [0.2, 0.25) is 0 Å². The Balaban J connectivity index is 0.000000147. The predicted molar refractivity (Wildman–Crippen MR) is 89.1 cm³/mol. The number of aryl methyl sites for hydroxylation is 2. The minimum Gasteiger partial charge on any atom is -0.0620 e. The monoisotopic (exact) mass is 262 g/mol. The van der Waals surface area contributed by atoms with Gasteiger partial charge in [0.2, 0.25) is 0 Å². The predicted octanol–water partition coefficient (Wildman–Crippen LogP) is 5.65. The molecule has 0 bridgehead atoms. The summed E-state index contributed by atoms with van der Waals surface area (Å²) in [6.07, 6.45) is 2.31. The van der Waals surface area contributed by atoms with Gasteiger partial charge in [0.15, 0.2) is 0 Å². The van der Waals surface area contributed by atoms with Crippen molar-refractivity contribution in [3.8, 4) is 0 Å². The van der Waals surface area contributed by atoms with Gasteiger partial charge in [0, 0.05) is 0 Å². The average Bonchev–Trinajstić information content (AvgIpc) is 2.55. The fraction of sp³-hybridized carbons (Fsp3) is 0.200. The first-order valence-corrected chi connectivity index (χ1v) is 7.35. The Morgan fingerprint density at radius 2 is 0.800 bits per heavy atom. The lowest BCUT2D eigenvalue weighted by molar-refractivity contribution is 1.04. The van der Waals surface area contributed by atoms with Crippen molar-refractivity contribution >= 4 is 10.8 Å². The summed E-state index contributed by atoms with van der Waals surface area (Å²) in [5.41, 5.74) is 2.98. The van der Waals surface area contributed by atoms with Crippen molar-refractivity contribution in [3.63, 3.8) is 0 Å². The van der Waals surface area contributed by atoms with Crippen LogP contribution in [0.1, 0.15) is 25.0 Å². The molecule has 0 fully saturated rings. The number of fused-ring (bicyclic) bond motifs is 1. The van der Waals surface area contributed by atoms with E-state index in [0.717, 1.165) is 12.8 Å². The summed E-state index contributed by atoms with van der Waals surface area (Å²) in [7, 11) is 0. The van der Waals surface area contributed by atoms with Gasteiger partial charge in [0.05, 0.1) is 0 Å². The third kappa shape index (κ3) is 3.71. The maximum absolute atomic E-state index is 2.21. The zero-order valence-corrected chi connectivity index (χ0v) is 12.3. The molecule has 0 heteroatoms. The van der Waals surface area contributed by atoms with Crippen LogP contribution >= 0.6 is 0 Å². The number of rotatable bonds is 2. The van der Waals surface area contributed by atoms with Crippen molar-refractivity contribution in [2.24, 2.45) is 0 Å². The van der Waals surface area contributed by atoms with Crippen LogP contribution in [0.15, 0.2) is 72.8 Å². The molecule has 0 heterocycles. The van der Waals surface area contributed by atoms with Gasteiger partial charge in [-0.1, -0.05) is 86.6 Å². The van der Waals surface area contributed by atoms with Gasteiger partial charge in [0.25, 0.3) is 0 Å². The number of benzene rings is 3. The molecule has 3 aromatic rings. The number of hydrogen-bond acceptors (Lipinski definition) is 0. The molecule has 0 saturated heterocycles. The van der Waals surface area contributed by atoms with Gasteiger partial charge in [-0.3, -0.25) is 0 Å². The lowest BCUT2D eigenvalue weighted by atomic mass is 10.0. The Hall–Kier alpha value is -2.08. The molecular weight excluding hydrogens is 240 g/mol. The maximum atomic E-state index is 2.21. The smallest absolute Gasteiger partial charge is 0.0184 e. The molecular formula is C20H22. The van der Waals surface area contributed by atoms with Crippen LogP contribution in [0.3, 0.4) is 0 Å². The molecule has 0 atom stereocenters. The van der Waals surface area contributed by atoms with Crippen molar-refractivity contribution in [1.29, 1.82) is 0 Å². The molecule has 0 radical (unpaired) electrons. The van der Waals surface area contributed by atoms with Crippen LogP contribution in [-0.4, -0.2) is 0 Å². The Morgan fingerprint density at radius 3 is 1.10 bits per heavy atom. The van der Waals surface area contributed by atoms with Crippen LogP contribution < -0.4 is 0 Å². The summed E-state index contributed by atoms with van der Waals surface area (Å²) < 4.78 is 0. The fourth-order valence-corrected chi connectivity index (χ4v) is 2.38. The van der Waals surface area contributed by atoms with Crippen molar-refractivity contribution in [1.82, 2.24) is 0 Å². The van der Waals surface area contributed by atoms with E-state index < -0.39 is 0 Å². The molecule has 0 spiro atoms. The first kappa shape index (κ1) is 14.3. The van der Waals surface area contributed by atoms with E-state index in [-0.39, 0.29) is 0 Å². The van der Waals surface area contributed by atoms with Gasteiger partial charge < -0.3 is 0 Å². The minimum absolute atomic E-state index is 1.16. The van der Waals surface area contributed by atoms with Gasteiger partial charge in [-0.2, -0.15) is 0 Å². The van der Waals surface area contributed by atoms with Crippen molar-refractivity contribution < 1.29 is 0 Å². The lowest BCUT2D eigenvalue weighted by Gasteiger charge is -2.02. The fourth-order valence-electron chi connectivity index (χ4n) is 2.38. The topological polar surface area (TPSA) is 0 Å². The van der Waals surface area contributed by atoms with Crippen LogP contribution in [0.5, 0.6) is 0 Å².